The van der Waals surface area contributed by atoms with Crippen molar-refractivity contribution < 1.29 is 32.3 Å². The maximum atomic E-state index is 13.6. The minimum Gasteiger partial charge on any atom is -0.456 e. The molecule has 1 atom stereocenters. The molecule has 34 heavy (non-hydrogen) atoms. The monoisotopic (exact) mass is 507 g/mol. The second-order valence-corrected chi connectivity index (χ2v) is 11.9. The van der Waals surface area contributed by atoms with Crippen LogP contribution in [0.5, 0.6) is 0 Å². The quantitative estimate of drug-likeness (QED) is 0.436. The zero-order chi connectivity index (χ0) is 24.7. The van der Waals surface area contributed by atoms with E-state index in [2.05, 4.69) is 10.6 Å². The van der Waals surface area contributed by atoms with Crippen molar-refractivity contribution in [1.82, 2.24) is 9.62 Å². The Kier molecular flexibility index (Phi) is 6.40. The van der Waals surface area contributed by atoms with Crippen LogP contribution in [0.2, 0.25) is 0 Å². The normalized spacial score (nSPS) is 18.6. The van der Waals surface area contributed by atoms with Gasteiger partial charge in [-0.05, 0) is 51.1 Å². The SMILES string of the molecule is CCNC(=O)Nc1ccc2c(c1)oc1ccc(S(=O)(=O)N3CCSC(C)(C)[C@@H]3OC(=O)O)cc12. The van der Waals surface area contributed by atoms with Gasteiger partial charge in [-0.15, -0.1) is 11.8 Å². The van der Waals surface area contributed by atoms with Crippen LogP contribution in [0.15, 0.2) is 45.7 Å². The van der Waals surface area contributed by atoms with Crippen LogP contribution in [-0.2, 0) is 14.8 Å². The van der Waals surface area contributed by atoms with Gasteiger partial charge < -0.3 is 24.9 Å². The van der Waals surface area contributed by atoms with Crippen molar-refractivity contribution in [3.63, 3.8) is 0 Å². The predicted octanol–water partition coefficient (Wildman–Crippen LogP) is 4.26. The first kappa shape index (κ1) is 24.2. The molecule has 10 nitrogen and oxygen atoms in total. The van der Waals surface area contributed by atoms with Crippen LogP contribution in [-0.4, -0.2) is 59.8 Å². The third kappa shape index (κ3) is 4.52. The van der Waals surface area contributed by atoms with Gasteiger partial charge in [0, 0.05) is 41.4 Å². The number of nitrogens with one attached hydrogen (secondary N) is 2. The van der Waals surface area contributed by atoms with Gasteiger partial charge in [-0.2, -0.15) is 4.31 Å². The molecule has 1 fully saturated rings. The first-order chi connectivity index (χ1) is 16.0. The lowest BCUT2D eigenvalue weighted by Crippen LogP contribution is -2.56. The van der Waals surface area contributed by atoms with Crippen LogP contribution in [0.1, 0.15) is 20.8 Å². The van der Waals surface area contributed by atoms with Gasteiger partial charge in [0.15, 0.2) is 6.23 Å². The van der Waals surface area contributed by atoms with E-state index in [9.17, 15) is 23.1 Å². The number of anilines is 1. The van der Waals surface area contributed by atoms with E-state index in [1.165, 1.54) is 23.9 Å². The van der Waals surface area contributed by atoms with E-state index in [4.69, 9.17) is 9.15 Å². The molecule has 1 aliphatic heterocycles. The number of ether oxygens (including phenoxy) is 1. The number of fused-ring (bicyclic) bond motifs is 3. The molecule has 0 radical (unpaired) electrons. The number of thioether (sulfide) groups is 1. The Labute approximate surface area is 200 Å². The van der Waals surface area contributed by atoms with E-state index in [0.717, 1.165) is 4.31 Å². The predicted molar refractivity (Wildman–Crippen MR) is 130 cm³/mol. The summed E-state index contributed by atoms with van der Waals surface area (Å²) in [5.74, 6) is 0.504. The lowest BCUT2D eigenvalue weighted by atomic mass is 10.1. The molecule has 3 N–H and O–H groups in total. The summed E-state index contributed by atoms with van der Waals surface area (Å²) in [5, 5.41) is 15.8. The number of carbonyl (C=O) groups is 2. The van der Waals surface area contributed by atoms with Crippen LogP contribution in [0.25, 0.3) is 21.9 Å². The van der Waals surface area contributed by atoms with Crippen LogP contribution in [0, 0.1) is 0 Å². The highest BCUT2D eigenvalue weighted by atomic mass is 32.2. The fourth-order valence-corrected chi connectivity index (χ4v) is 6.92. The molecule has 0 bridgehead atoms. The molecule has 0 spiro atoms. The van der Waals surface area contributed by atoms with Gasteiger partial charge in [0.05, 0.1) is 9.64 Å². The summed E-state index contributed by atoms with van der Waals surface area (Å²) in [6.07, 6.45) is -2.71. The molecule has 1 aliphatic rings. The summed E-state index contributed by atoms with van der Waals surface area (Å²) in [7, 11) is -4.07. The number of carbonyl (C=O) groups excluding carboxylic acids is 1. The molecule has 0 aliphatic carbocycles. The molecule has 2 amide bonds. The number of rotatable bonds is 5. The van der Waals surface area contributed by atoms with Gasteiger partial charge in [-0.25, -0.2) is 18.0 Å². The third-order valence-corrected chi connectivity index (χ3v) is 8.67. The number of carboxylic acid groups (broad SMARTS) is 1. The molecule has 0 saturated carbocycles. The topological polar surface area (TPSA) is 138 Å². The molecule has 2 heterocycles. The smallest absolute Gasteiger partial charge is 0.456 e. The summed E-state index contributed by atoms with van der Waals surface area (Å²) >= 11 is 1.46. The Morgan fingerprint density at radius 2 is 1.97 bits per heavy atom. The standard InChI is InChI=1S/C22H25N3O7S2/c1-4-23-20(26)24-13-5-7-15-16-12-14(6-8-17(16)31-18(15)11-13)34(29,30)25-9-10-33-22(2,3)19(25)32-21(27)28/h5-8,11-12,19H,4,9-10H2,1-3H3,(H,27,28)(H2,23,24,26)/t19-/m0/s1. The molecule has 4 rings (SSSR count). The Hall–Kier alpha value is -2.96. The number of urea groups is 1. The van der Waals surface area contributed by atoms with E-state index in [1.54, 1.807) is 38.1 Å². The highest BCUT2D eigenvalue weighted by Gasteiger charge is 2.47. The van der Waals surface area contributed by atoms with Crippen molar-refractivity contribution in [3.05, 3.63) is 36.4 Å². The number of amides is 2. The van der Waals surface area contributed by atoms with Crippen LogP contribution in [0.4, 0.5) is 15.3 Å². The molecular formula is C22H25N3O7S2. The number of nitrogens with zero attached hydrogens (tertiary/aromatic N) is 1. The van der Waals surface area contributed by atoms with Crippen molar-refractivity contribution in [2.24, 2.45) is 0 Å². The molecule has 1 aromatic heterocycles. The number of benzene rings is 2. The van der Waals surface area contributed by atoms with Crippen molar-refractivity contribution in [3.8, 4) is 0 Å². The molecule has 1 saturated heterocycles. The van der Waals surface area contributed by atoms with Gasteiger partial charge in [-0.3, -0.25) is 0 Å². The van der Waals surface area contributed by atoms with Gasteiger partial charge >= 0.3 is 12.2 Å². The fraction of sp³-hybridized carbons (Fsp3) is 0.364. The van der Waals surface area contributed by atoms with Crippen molar-refractivity contribution in [2.75, 3.05) is 24.2 Å². The van der Waals surface area contributed by atoms with Gasteiger partial charge in [-0.1, -0.05) is 0 Å². The van der Waals surface area contributed by atoms with Crippen LogP contribution < -0.4 is 10.6 Å². The lowest BCUT2D eigenvalue weighted by Gasteiger charge is -2.43. The maximum absolute atomic E-state index is 13.6. The van der Waals surface area contributed by atoms with Gasteiger partial charge in [0.2, 0.25) is 10.0 Å². The molecule has 182 valence electrons. The maximum Gasteiger partial charge on any atom is 0.507 e. The van der Waals surface area contributed by atoms with E-state index in [0.29, 0.717) is 39.9 Å². The third-order valence-electron chi connectivity index (χ3n) is 5.50. The molecular weight excluding hydrogens is 482 g/mol. The summed E-state index contributed by atoms with van der Waals surface area (Å²) in [4.78, 5) is 23.1. The second-order valence-electron chi connectivity index (χ2n) is 8.26. The Morgan fingerprint density at radius 1 is 1.21 bits per heavy atom. The molecule has 3 aromatic rings. The highest BCUT2D eigenvalue weighted by Crippen LogP contribution is 2.40. The minimum absolute atomic E-state index is 0.00825. The first-order valence-corrected chi connectivity index (χ1v) is 13.0. The Balaban J connectivity index is 1.72. The number of furan rings is 1. The number of sulfonamides is 1. The molecule has 0 unspecified atom stereocenters. The van der Waals surface area contributed by atoms with Crippen molar-refractivity contribution in [1.29, 1.82) is 0 Å². The molecule has 2 aromatic carbocycles. The zero-order valence-electron chi connectivity index (χ0n) is 18.8. The Morgan fingerprint density at radius 3 is 2.68 bits per heavy atom. The van der Waals surface area contributed by atoms with Crippen molar-refractivity contribution >= 4 is 61.6 Å². The first-order valence-electron chi connectivity index (χ1n) is 10.6. The lowest BCUT2D eigenvalue weighted by molar-refractivity contribution is -0.0166. The van der Waals surface area contributed by atoms with E-state index in [-0.39, 0.29) is 17.5 Å². The minimum atomic E-state index is -4.07. The van der Waals surface area contributed by atoms with Gasteiger partial charge in [0.25, 0.3) is 0 Å². The fourth-order valence-electron chi connectivity index (χ4n) is 3.94. The molecule has 12 heteroatoms. The van der Waals surface area contributed by atoms with E-state index in [1.807, 2.05) is 6.92 Å². The van der Waals surface area contributed by atoms with Gasteiger partial charge in [0.1, 0.15) is 11.2 Å². The number of hydrogen-bond acceptors (Lipinski definition) is 7. The van der Waals surface area contributed by atoms with E-state index < -0.39 is 27.2 Å². The number of hydrogen-bond donors (Lipinski definition) is 3. The highest BCUT2D eigenvalue weighted by molar-refractivity contribution is 8.00. The Bertz CT molecular complexity index is 1370. The largest absolute Gasteiger partial charge is 0.507 e. The summed E-state index contributed by atoms with van der Waals surface area (Å²) < 4.78 is 38.4. The van der Waals surface area contributed by atoms with Crippen molar-refractivity contribution in [2.45, 2.75) is 36.6 Å². The van der Waals surface area contributed by atoms with E-state index >= 15 is 0 Å². The van der Waals surface area contributed by atoms with Crippen LogP contribution in [0.3, 0.4) is 0 Å². The second kappa shape index (κ2) is 9.01. The average Bonchev–Trinajstić information content (AvgIpc) is 3.11. The van der Waals surface area contributed by atoms with Crippen LogP contribution >= 0.6 is 11.8 Å². The zero-order valence-corrected chi connectivity index (χ0v) is 20.5. The average molecular weight is 508 g/mol. The summed E-state index contributed by atoms with van der Waals surface area (Å²) in [5.41, 5.74) is 1.51. The summed E-state index contributed by atoms with van der Waals surface area (Å²) in [6.45, 7) is 5.93. The summed E-state index contributed by atoms with van der Waals surface area (Å²) in [6, 6.07) is 9.29.